The largest absolute Gasteiger partial charge is 0.370 e. The maximum absolute atomic E-state index is 12.3. The van der Waals surface area contributed by atoms with Crippen molar-refractivity contribution >= 4 is 27.7 Å². The average molecular weight is 326 g/mol. The topological polar surface area (TPSA) is 76.3 Å². The Morgan fingerprint density at radius 2 is 2.11 bits per heavy atom. The van der Waals surface area contributed by atoms with Crippen molar-refractivity contribution < 1.29 is 9.59 Å². The first kappa shape index (κ1) is 14.0. The van der Waals surface area contributed by atoms with Crippen LogP contribution in [0.3, 0.4) is 0 Å². The van der Waals surface area contributed by atoms with E-state index in [-0.39, 0.29) is 11.8 Å². The van der Waals surface area contributed by atoms with Crippen molar-refractivity contribution in [3.05, 3.63) is 28.5 Å². The van der Waals surface area contributed by atoms with Crippen molar-refractivity contribution in [2.24, 2.45) is 11.7 Å². The van der Waals surface area contributed by atoms with Crippen molar-refractivity contribution in [3.63, 3.8) is 0 Å². The maximum atomic E-state index is 12.3. The van der Waals surface area contributed by atoms with Gasteiger partial charge in [0.2, 0.25) is 5.91 Å². The van der Waals surface area contributed by atoms with Gasteiger partial charge in [-0.1, -0.05) is 0 Å². The number of piperidine rings is 1. The number of rotatable bonds is 3. The van der Waals surface area contributed by atoms with Crippen molar-refractivity contribution in [2.45, 2.75) is 19.3 Å². The monoisotopic (exact) mass is 325 g/mol. The van der Waals surface area contributed by atoms with E-state index >= 15 is 0 Å². The minimum atomic E-state index is -0.266. The van der Waals surface area contributed by atoms with E-state index in [9.17, 15) is 9.59 Å². The zero-order chi connectivity index (χ0) is 13.8. The number of primary amides is 1. The lowest BCUT2D eigenvalue weighted by Gasteiger charge is -2.31. The van der Waals surface area contributed by atoms with E-state index in [4.69, 9.17) is 5.73 Å². The van der Waals surface area contributed by atoms with Crippen molar-refractivity contribution in [1.82, 2.24) is 9.88 Å². The van der Waals surface area contributed by atoms with E-state index in [0.29, 0.717) is 35.6 Å². The van der Waals surface area contributed by atoms with Gasteiger partial charge in [-0.05, 0) is 46.8 Å². The summed E-state index contributed by atoms with van der Waals surface area (Å²) < 4.78 is 0.708. The fourth-order valence-electron chi connectivity index (χ4n) is 2.32. The molecule has 102 valence electrons. The van der Waals surface area contributed by atoms with E-state index < -0.39 is 0 Å². The van der Waals surface area contributed by atoms with Crippen molar-refractivity contribution in [1.29, 1.82) is 0 Å². The molecule has 2 heterocycles. The molecule has 2 rings (SSSR count). The van der Waals surface area contributed by atoms with Crippen molar-refractivity contribution in [3.8, 4) is 0 Å². The zero-order valence-electron chi connectivity index (χ0n) is 10.5. The summed E-state index contributed by atoms with van der Waals surface area (Å²) in [6.45, 7) is 1.31. The number of nitrogens with zero attached hydrogens (tertiary/aromatic N) is 2. The van der Waals surface area contributed by atoms with Crippen molar-refractivity contribution in [2.75, 3.05) is 13.1 Å². The number of carbonyl (C=O) groups excluding carboxylic acids is 2. The van der Waals surface area contributed by atoms with Crippen LogP contribution >= 0.6 is 15.9 Å². The van der Waals surface area contributed by atoms with Gasteiger partial charge in [-0.25, -0.2) is 4.98 Å². The summed E-state index contributed by atoms with van der Waals surface area (Å²) >= 11 is 3.34. The normalized spacial score (nSPS) is 16.4. The molecule has 6 heteroatoms. The lowest BCUT2D eigenvalue weighted by atomic mass is 9.93. The Bertz CT molecular complexity index is 485. The fourth-order valence-corrected chi connectivity index (χ4v) is 2.74. The number of nitrogens with two attached hydrogens (primary N) is 1. The molecule has 1 fully saturated rings. The molecule has 0 aliphatic carbocycles. The van der Waals surface area contributed by atoms with Gasteiger partial charge >= 0.3 is 0 Å². The highest BCUT2D eigenvalue weighted by Crippen LogP contribution is 2.23. The molecule has 0 saturated carbocycles. The molecule has 1 aliphatic heterocycles. The highest BCUT2D eigenvalue weighted by atomic mass is 79.9. The highest BCUT2D eigenvalue weighted by Gasteiger charge is 2.26. The second-order valence-corrected chi connectivity index (χ2v) is 5.59. The van der Waals surface area contributed by atoms with Gasteiger partial charge in [-0.3, -0.25) is 9.59 Å². The third-order valence-corrected chi connectivity index (χ3v) is 3.99. The van der Waals surface area contributed by atoms with Gasteiger partial charge in [0.1, 0.15) is 5.69 Å². The van der Waals surface area contributed by atoms with Crippen LogP contribution in [0.2, 0.25) is 0 Å². The summed E-state index contributed by atoms with van der Waals surface area (Å²) in [5, 5.41) is 0. The Morgan fingerprint density at radius 1 is 1.42 bits per heavy atom. The van der Waals surface area contributed by atoms with Gasteiger partial charge in [-0.2, -0.15) is 0 Å². The Morgan fingerprint density at radius 3 is 2.68 bits per heavy atom. The molecule has 5 nitrogen and oxygen atoms in total. The molecule has 0 radical (unpaired) electrons. The quantitative estimate of drug-likeness (QED) is 0.916. The lowest BCUT2D eigenvalue weighted by Crippen LogP contribution is -2.39. The molecule has 2 N–H and O–H groups in total. The Kier molecular flexibility index (Phi) is 4.52. The van der Waals surface area contributed by atoms with E-state index in [0.717, 1.165) is 12.8 Å². The highest BCUT2D eigenvalue weighted by molar-refractivity contribution is 9.10. The van der Waals surface area contributed by atoms with E-state index in [1.165, 1.54) is 0 Å². The number of aromatic nitrogens is 1. The first-order valence-electron chi connectivity index (χ1n) is 6.26. The van der Waals surface area contributed by atoms with Crippen LogP contribution in [0.15, 0.2) is 22.8 Å². The predicted molar refractivity (Wildman–Crippen MR) is 74.4 cm³/mol. The third kappa shape index (κ3) is 3.53. The Hall–Kier alpha value is -1.43. The second kappa shape index (κ2) is 6.14. The van der Waals surface area contributed by atoms with Crippen LogP contribution in [0.4, 0.5) is 0 Å². The van der Waals surface area contributed by atoms with Crippen LogP contribution in [-0.2, 0) is 4.79 Å². The molecule has 2 amide bonds. The summed E-state index contributed by atoms with van der Waals surface area (Å²) in [6, 6.07) is 3.58. The van der Waals surface area contributed by atoms with E-state index in [1.807, 2.05) is 0 Å². The molecule has 0 spiro atoms. The third-order valence-electron chi connectivity index (χ3n) is 3.35. The summed E-state index contributed by atoms with van der Waals surface area (Å²) in [7, 11) is 0. The van der Waals surface area contributed by atoms with Crippen LogP contribution in [0.5, 0.6) is 0 Å². The van der Waals surface area contributed by atoms with Crippen LogP contribution in [0.25, 0.3) is 0 Å². The van der Waals surface area contributed by atoms with Crippen LogP contribution in [-0.4, -0.2) is 34.8 Å². The number of halogens is 1. The van der Waals surface area contributed by atoms with Gasteiger partial charge in [0.05, 0.1) is 0 Å². The first-order valence-corrected chi connectivity index (χ1v) is 7.05. The predicted octanol–water partition coefficient (Wildman–Crippen LogP) is 1.57. The maximum Gasteiger partial charge on any atom is 0.273 e. The number of carbonyl (C=O) groups is 2. The molecule has 1 aromatic heterocycles. The summed E-state index contributed by atoms with van der Waals surface area (Å²) in [4.78, 5) is 29.1. The molecule has 0 aromatic carbocycles. The number of pyridine rings is 1. The zero-order valence-corrected chi connectivity index (χ0v) is 12.1. The molecule has 0 atom stereocenters. The number of hydrogen-bond acceptors (Lipinski definition) is 3. The Labute approximate surface area is 120 Å². The molecular weight excluding hydrogens is 310 g/mol. The molecular formula is C13H16BrN3O2. The SMILES string of the molecule is NC(=O)CC1CCN(C(=O)c2ncccc2Br)CC1. The first-order chi connectivity index (χ1) is 9.08. The minimum Gasteiger partial charge on any atom is -0.370 e. The second-order valence-electron chi connectivity index (χ2n) is 4.74. The van der Waals surface area contributed by atoms with E-state index in [2.05, 4.69) is 20.9 Å². The molecule has 1 aromatic rings. The van der Waals surface area contributed by atoms with Crippen LogP contribution in [0, 0.1) is 5.92 Å². The number of amides is 2. The lowest BCUT2D eigenvalue weighted by molar-refractivity contribution is -0.119. The van der Waals surface area contributed by atoms with Gasteiger partial charge in [0, 0.05) is 30.2 Å². The van der Waals surface area contributed by atoms with Gasteiger partial charge in [0.25, 0.3) is 5.91 Å². The molecule has 19 heavy (non-hydrogen) atoms. The molecule has 1 aliphatic rings. The molecule has 0 unspecified atom stereocenters. The fraction of sp³-hybridized carbons (Fsp3) is 0.462. The van der Waals surface area contributed by atoms with Gasteiger partial charge in [0.15, 0.2) is 0 Å². The molecule has 1 saturated heterocycles. The summed E-state index contributed by atoms with van der Waals surface area (Å²) in [5.41, 5.74) is 5.63. The summed E-state index contributed by atoms with van der Waals surface area (Å²) in [6.07, 6.45) is 3.66. The average Bonchev–Trinajstić information content (AvgIpc) is 2.39. The summed E-state index contributed by atoms with van der Waals surface area (Å²) in [5.74, 6) is -0.0315. The van der Waals surface area contributed by atoms with Gasteiger partial charge in [-0.15, -0.1) is 0 Å². The van der Waals surface area contributed by atoms with E-state index in [1.54, 1.807) is 23.2 Å². The Balaban J connectivity index is 1.96. The molecule has 0 bridgehead atoms. The minimum absolute atomic E-state index is 0.0648. The number of hydrogen-bond donors (Lipinski definition) is 1. The standard InChI is InChI=1S/C13H16BrN3O2/c14-10-2-1-5-16-12(10)13(19)17-6-3-9(4-7-17)8-11(15)18/h1-2,5,9H,3-4,6-8H2,(H2,15,18). The van der Waals surface area contributed by atoms with Crippen LogP contribution < -0.4 is 5.73 Å². The van der Waals surface area contributed by atoms with Gasteiger partial charge < -0.3 is 10.6 Å². The van der Waals surface area contributed by atoms with Crippen LogP contribution in [0.1, 0.15) is 29.8 Å². The number of likely N-dealkylation sites (tertiary alicyclic amines) is 1. The smallest absolute Gasteiger partial charge is 0.273 e.